The van der Waals surface area contributed by atoms with E-state index in [-0.39, 0.29) is 21.8 Å². The molecule has 0 aromatic heterocycles. The molecule has 1 rings (SSSR count). The van der Waals surface area contributed by atoms with Crippen LogP contribution in [0.5, 0.6) is 0 Å². The highest BCUT2D eigenvalue weighted by Gasteiger charge is 2.28. The van der Waals surface area contributed by atoms with Gasteiger partial charge in [0, 0.05) is 13.1 Å². The molecule has 0 heterocycles. The maximum absolute atomic E-state index is 13.3. The fourth-order valence-corrected chi connectivity index (χ4v) is 4.15. The summed E-state index contributed by atoms with van der Waals surface area (Å²) in [7, 11) is -3.78. The van der Waals surface area contributed by atoms with Crippen LogP contribution >= 0.6 is 11.6 Å². The zero-order valence-corrected chi connectivity index (χ0v) is 13.8. The third kappa shape index (κ3) is 4.43. The van der Waals surface area contributed by atoms with Gasteiger partial charge in [0.15, 0.2) is 0 Å². The highest BCUT2D eigenvalue weighted by molar-refractivity contribution is 7.89. The topological polar surface area (TPSA) is 37.4 Å². The van der Waals surface area contributed by atoms with Crippen LogP contribution in [0.1, 0.15) is 27.7 Å². The van der Waals surface area contributed by atoms with Crippen LogP contribution in [0, 0.1) is 17.7 Å². The van der Waals surface area contributed by atoms with Crippen LogP contribution < -0.4 is 0 Å². The molecule has 0 saturated heterocycles. The summed E-state index contributed by atoms with van der Waals surface area (Å²) < 4.78 is 40.0. The normalized spacial score (nSPS) is 12.7. The van der Waals surface area contributed by atoms with Crippen LogP contribution in [0.25, 0.3) is 0 Å². The Kier molecular flexibility index (Phi) is 5.98. The molecule has 0 aliphatic carbocycles. The van der Waals surface area contributed by atoms with Gasteiger partial charge >= 0.3 is 0 Å². The van der Waals surface area contributed by atoms with Gasteiger partial charge in [-0.15, -0.1) is 0 Å². The lowest BCUT2D eigenvalue weighted by Crippen LogP contribution is -2.37. The van der Waals surface area contributed by atoms with Crippen LogP contribution in [0.3, 0.4) is 0 Å². The Morgan fingerprint density at radius 1 is 1.15 bits per heavy atom. The molecular formula is C14H21ClFNO2S. The molecule has 0 bridgehead atoms. The second-order valence-corrected chi connectivity index (χ2v) is 8.00. The Hall–Kier alpha value is -0.650. The molecule has 0 N–H and O–H groups in total. The highest BCUT2D eigenvalue weighted by atomic mass is 35.5. The van der Waals surface area contributed by atoms with E-state index in [0.717, 1.165) is 12.1 Å². The monoisotopic (exact) mass is 321 g/mol. The van der Waals surface area contributed by atoms with E-state index < -0.39 is 15.8 Å². The molecule has 3 nitrogen and oxygen atoms in total. The molecule has 0 amide bonds. The first-order valence-electron chi connectivity index (χ1n) is 6.59. The molecule has 0 spiro atoms. The minimum absolute atomic E-state index is 0.0453. The van der Waals surface area contributed by atoms with E-state index in [4.69, 9.17) is 11.6 Å². The van der Waals surface area contributed by atoms with Crippen molar-refractivity contribution >= 4 is 21.6 Å². The van der Waals surface area contributed by atoms with Crippen molar-refractivity contribution in [3.8, 4) is 0 Å². The molecular weight excluding hydrogens is 301 g/mol. The summed E-state index contributed by atoms with van der Waals surface area (Å²) in [5, 5.41) is 0.0453. The molecule has 0 radical (unpaired) electrons. The van der Waals surface area contributed by atoms with Crippen molar-refractivity contribution in [1.29, 1.82) is 0 Å². The first-order chi connectivity index (χ1) is 9.14. The van der Waals surface area contributed by atoms with Crippen LogP contribution in [-0.2, 0) is 10.0 Å². The summed E-state index contributed by atoms with van der Waals surface area (Å²) in [5.74, 6) is -0.256. The van der Waals surface area contributed by atoms with Gasteiger partial charge < -0.3 is 0 Å². The first kappa shape index (κ1) is 17.4. The molecule has 0 unspecified atom stereocenters. The smallest absolute Gasteiger partial charge is 0.207 e. The molecule has 114 valence electrons. The Morgan fingerprint density at radius 2 is 1.65 bits per heavy atom. The number of hydrogen-bond donors (Lipinski definition) is 0. The molecule has 6 heteroatoms. The summed E-state index contributed by atoms with van der Waals surface area (Å²) in [6.07, 6.45) is 0. The van der Waals surface area contributed by atoms with Gasteiger partial charge in [-0.25, -0.2) is 12.8 Å². The standard InChI is InChI=1S/C14H21ClFNO2S/c1-10(2)8-17(9-11(3)4)20(18,19)14-7-12(16)5-6-13(14)15/h5-7,10-11H,8-9H2,1-4H3. The summed E-state index contributed by atoms with van der Waals surface area (Å²) in [4.78, 5) is -0.166. The number of nitrogens with zero attached hydrogens (tertiary/aromatic N) is 1. The van der Waals surface area contributed by atoms with Gasteiger partial charge in [0.1, 0.15) is 10.7 Å². The van der Waals surface area contributed by atoms with Crippen LogP contribution in [-0.4, -0.2) is 25.8 Å². The van der Waals surface area contributed by atoms with Crippen molar-refractivity contribution in [2.45, 2.75) is 32.6 Å². The van der Waals surface area contributed by atoms with Gasteiger partial charge in [-0.1, -0.05) is 39.3 Å². The van der Waals surface area contributed by atoms with Crippen LogP contribution in [0.4, 0.5) is 4.39 Å². The zero-order valence-electron chi connectivity index (χ0n) is 12.2. The average Bonchev–Trinajstić information content (AvgIpc) is 2.30. The second kappa shape index (κ2) is 6.87. The van der Waals surface area contributed by atoms with Gasteiger partial charge in [-0.2, -0.15) is 4.31 Å². The van der Waals surface area contributed by atoms with Crippen molar-refractivity contribution in [2.24, 2.45) is 11.8 Å². The van der Waals surface area contributed by atoms with Crippen molar-refractivity contribution < 1.29 is 12.8 Å². The van der Waals surface area contributed by atoms with Gasteiger partial charge in [-0.3, -0.25) is 0 Å². The van der Waals surface area contributed by atoms with E-state index in [1.165, 1.54) is 10.4 Å². The molecule has 1 aromatic rings. The van der Waals surface area contributed by atoms with Gasteiger partial charge in [-0.05, 0) is 30.0 Å². The van der Waals surface area contributed by atoms with E-state index in [2.05, 4.69) is 0 Å². The number of sulfonamides is 1. The van der Waals surface area contributed by atoms with E-state index in [1.807, 2.05) is 27.7 Å². The summed E-state index contributed by atoms with van der Waals surface area (Å²) >= 11 is 5.93. The van der Waals surface area contributed by atoms with Crippen molar-refractivity contribution in [3.63, 3.8) is 0 Å². The second-order valence-electron chi connectivity index (χ2n) is 5.68. The minimum atomic E-state index is -3.78. The fourth-order valence-electron chi connectivity index (χ4n) is 1.90. The SMILES string of the molecule is CC(C)CN(CC(C)C)S(=O)(=O)c1cc(F)ccc1Cl. The lowest BCUT2D eigenvalue weighted by molar-refractivity contribution is 0.333. The Bertz CT molecular complexity index is 548. The number of rotatable bonds is 6. The molecule has 20 heavy (non-hydrogen) atoms. The summed E-state index contributed by atoms with van der Waals surface area (Å²) in [5.41, 5.74) is 0. The van der Waals surface area contributed by atoms with E-state index in [9.17, 15) is 12.8 Å². The van der Waals surface area contributed by atoms with E-state index in [0.29, 0.717) is 13.1 Å². The quantitative estimate of drug-likeness (QED) is 0.799. The van der Waals surface area contributed by atoms with Gasteiger partial charge in [0.25, 0.3) is 0 Å². The lowest BCUT2D eigenvalue weighted by Gasteiger charge is -2.26. The number of halogens is 2. The highest BCUT2D eigenvalue weighted by Crippen LogP contribution is 2.26. The third-order valence-corrected chi connectivity index (χ3v) is 4.96. The number of benzene rings is 1. The average molecular weight is 322 g/mol. The fraction of sp³-hybridized carbons (Fsp3) is 0.571. The largest absolute Gasteiger partial charge is 0.244 e. The first-order valence-corrected chi connectivity index (χ1v) is 8.41. The molecule has 0 fully saturated rings. The molecule has 0 atom stereocenters. The predicted octanol–water partition coefficient (Wildman–Crippen LogP) is 3.78. The van der Waals surface area contributed by atoms with Crippen molar-refractivity contribution in [2.75, 3.05) is 13.1 Å². The molecule has 1 aromatic carbocycles. The predicted molar refractivity (Wildman–Crippen MR) is 79.8 cm³/mol. The Morgan fingerprint density at radius 3 is 2.10 bits per heavy atom. The molecule has 0 saturated carbocycles. The molecule has 0 aliphatic rings. The van der Waals surface area contributed by atoms with Crippen molar-refractivity contribution in [1.82, 2.24) is 4.31 Å². The van der Waals surface area contributed by atoms with Crippen molar-refractivity contribution in [3.05, 3.63) is 29.0 Å². The van der Waals surface area contributed by atoms with Crippen LogP contribution in [0.2, 0.25) is 5.02 Å². The third-order valence-electron chi connectivity index (χ3n) is 2.65. The van der Waals surface area contributed by atoms with Gasteiger partial charge in [0.05, 0.1) is 5.02 Å². The zero-order chi connectivity index (χ0) is 15.5. The maximum Gasteiger partial charge on any atom is 0.244 e. The van der Waals surface area contributed by atoms with Crippen LogP contribution in [0.15, 0.2) is 23.1 Å². The Labute approximate surface area is 125 Å². The Balaban J connectivity index is 3.24. The summed E-state index contributed by atoms with van der Waals surface area (Å²) in [6, 6.07) is 3.40. The number of hydrogen-bond acceptors (Lipinski definition) is 2. The van der Waals surface area contributed by atoms with E-state index >= 15 is 0 Å². The maximum atomic E-state index is 13.3. The minimum Gasteiger partial charge on any atom is -0.207 e. The van der Waals surface area contributed by atoms with E-state index in [1.54, 1.807) is 0 Å². The summed E-state index contributed by atoms with van der Waals surface area (Å²) in [6.45, 7) is 8.53. The van der Waals surface area contributed by atoms with Gasteiger partial charge in [0.2, 0.25) is 10.0 Å². The molecule has 0 aliphatic heterocycles. The lowest BCUT2D eigenvalue weighted by atomic mass is 10.2.